The van der Waals surface area contributed by atoms with E-state index in [4.69, 9.17) is 0 Å². The van der Waals surface area contributed by atoms with Crippen LogP contribution in [0, 0.1) is 5.92 Å². The second kappa shape index (κ2) is 3.61. The van der Waals surface area contributed by atoms with Crippen molar-refractivity contribution in [1.82, 2.24) is 4.57 Å². The first-order valence-corrected chi connectivity index (χ1v) is 4.38. The number of rotatable bonds is 3. The van der Waals surface area contributed by atoms with Crippen molar-refractivity contribution in [3.05, 3.63) is 24.0 Å². The molecule has 1 aromatic heterocycles. The highest BCUT2D eigenvalue weighted by atomic mass is 15.0. The molecule has 1 heteroatoms. The van der Waals surface area contributed by atoms with Crippen LogP contribution in [0.2, 0.25) is 0 Å². The van der Waals surface area contributed by atoms with Gasteiger partial charge in [-0.05, 0) is 24.5 Å². The third kappa shape index (κ3) is 2.11. The van der Waals surface area contributed by atoms with Crippen LogP contribution in [0.15, 0.2) is 18.3 Å². The van der Waals surface area contributed by atoms with Crippen LogP contribution in [-0.4, -0.2) is 4.57 Å². The zero-order valence-corrected chi connectivity index (χ0v) is 7.67. The van der Waals surface area contributed by atoms with Crippen LogP contribution >= 0.6 is 0 Å². The van der Waals surface area contributed by atoms with E-state index in [0.29, 0.717) is 0 Å². The summed E-state index contributed by atoms with van der Waals surface area (Å²) in [7, 11) is 0. The summed E-state index contributed by atoms with van der Waals surface area (Å²) in [5, 5.41) is 0. The molecule has 11 heavy (non-hydrogen) atoms. The van der Waals surface area contributed by atoms with E-state index in [-0.39, 0.29) is 0 Å². The van der Waals surface area contributed by atoms with Crippen LogP contribution < -0.4 is 0 Å². The van der Waals surface area contributed by atoms with Gasteiger partial charge in [-0.3, -0.25) is 0 Å². The van der Waals surface area contributed by atoms with E-state index in [1.165, 1.54) is 5.69 Å². The Morgan fingerprint density at radius 1 is 1.45 bits per heavy atom. The predicted molar refractivity (Wildman–Crippen MR) is 48.6 cm³/mol. The Hall–Kier alpha value is -0.720. The molecule has 0 aliphatic rings. The molecule has 0 spiro atoms. The van der Waals surface area contributed by atoms with Gasteiger partial charge in [0.25, 0.3) is 0 Å². The molecule has 0 saturated carbocycles. The smallest absolute Gasteiger partial charge is 0.0245 e. The van der Waals surface area contributed by atoms with Gasteiger partial charge < -0.3 is 4.57 Å². The summed E-state index contributed by atoms with van der Waals surface area (Å²) in [6.45, 7) is 7.85. The summed E-state index contributed by atoms with van der Waals surface area (Å²) in [6, 6.07) is 4.32. The molecule has 0 fully saturated rings. The molecule has 0 atom stereocenters. The maximum Gasteiger partial charge on any atom is 0.0245 e. The van der Waals surface area contributed by atoms with Gasteiger partial charge in [0.1, 0.15) is 0 Å². The quantitative estimate of drug-likeness (QED) is 0.626. The Morgan fingerprint density at radius 3 is 2.73 bits per heavy atom. The van der Waals surface area contributed by atoms with Crippen molar-refractivity contribution in [1.29, 1.82) is 0 Å². The van der Waals surface area contributed by atoms with Crippen molar-refractivity contribution >= 4 is 0 Å². The van der Waals surface area contributed by atoms with Gasteiger partial charge in [-0.15, -0.1) is 0 Å². The fourth-order valence-corrected chi connectivity index (χ4v) is 1.34. The molecule has 0 aliphatic heterocycles. The number of aryl methyl sites for hydroxylation is 1. The number of hydrogen-bond donors (Lipinski definition) is 0. The highest BCUT2D eigenvalue weighted by Crippen LogP contribution is 2.06. The molecule has 1 heterocycles. The Balaban J connectivity index is 2.68. The Bertz CT molecular complexity index is 210. The van der Waals surface area contributed by atoms with E-state index in [0.717, 1.165) is 18.9 Å². The van der Waals surface area contributed by atoms with E-state index in [1.54, 1.807) is 0 Å². The molecule has 0 bridgehead atoms. The van der Waals surface area contributed by atoms with E-state index in [9.17, 15) is 0 Å². The zero-order valence-electron chi connectivity index (χ0n) is 7.67. The minimum Gasteiger partial charge on any atom is -0.351 e. The molecule has 0 aromatic carbocycles. The number of aromatic nitrogens is 1. The van der Waals surface area contributed by atoms with Crippen LogP contribution in [0.4, 0.5) is 0 Å². The third-order valence-corrected chi connectivity index (χ3v) is 1.85. The first-order chi connectivity index (χ1) is 5.24. The van der Waals surface area contributed by atoms with Crippen LogP contribution in [0.25, 0.3) is 0 Å². The molecular formula is C10H17N. The lowest BCUT2D eigenvalue weighted by molar-refractivity contribution is 0.512. The molecule has 0 N–H and O–H groups in total. The molecule has 1 aromatic rings. The predicted octanol–water partition coefficient (Wildman–Crippen LogP) is 2.71. The number of hydrogen-bond acceptors (Lipinski definition) is 0. The molecule has 0 unspecified atom stereocenters. The largest absolute Gasteiger partial charge is 0.351 e. The van der Waals surface area contributed by atoms with Gasteiger partial charge in [0.05, 0.1) is 0 Å². The van der Waals surface area contributed by atoms with Gasteiger partial charge in [-0.1, -0.05) is 20.8 Å². The fourth-order valence-electron chi connectivity index (χ4n) is 1.34. The summed E-state index contributed by atoms with van der Waals surface area (Å²) in [4.78, 5) is 0. The van der Waals surface area contributed by atoms with Crippen molar-refractivity contribution in [2.75, 3.05) is 0 Å². The maximum absolute atomic E-state index is 2.34. The van der Waals surface area contributed by atoms with Crippen molar-refractivity contribution in [3.63, 3.8) is 0 Å². The highest BCUT2D eigenvalue weighted by Gasteiger charge is 1.99. The Kier molecular flexibility index (Phi) is 2.75. The molecule has 0 aliphatic carbocycles. The second-order valence-corrected chi connectivity index (χ2v) is 3.40. The van der Waals surface area contributed by atoms with Gasteiger partial charge in [0, 0.05) is 18.4 Å². The first-order valence-electron chi connectivity index (χ1n) is 4.38. The lowest BCUT2D eigenvalue weighted by Crippen LogP contribution is -2.05. The summed E-state index contributed by atoms with van der Waals surface area (Å²) in [5.74, 6) is 0.743. The van der Waals surface area contributed by atoms with Crippen LogP contribution in [0.3, 0.4) is 0 Å². The van der Waals surface area contributed by atoms with Crippen LogP contribution in [-0.2, 0) is 13.0 Å². The Morgan fingerprint density at radius 2 is 2.18 bits per heavy atom. The molecule has 0 radical (unpaired) electrons. The van der Waals surface area contributed by atoms with Gasteiger partial charge in [-0.2, -0.15) is 0 Å². The molecular weight excluding hydrogens is 134 g/mol. The van der Waals surface area contributed by atoms with Crippen LogP contribution in [0.5, 0.6) is 0 Å². The third-order valence-electron chi connectivity index (χ3n) is 1.85. The lowest BCUT2D eigenvalue weighted by atomic mass is 10.2. The average Bonchev–Trinajstić information content (AvgIpc) is 2.34. The first kappa shape index (κ1) is 8.38. The summed E-state index contributed by atoms with van der Waals surface area (Å²) in [6.07, 6.45) is 3.30. The second-order valence-electron chi connectivity index (χ2n) is 3.40. The molecule has 0 amide bonds. The minimum atomic E-state index is 0.743. The monoisotopic (exact) mass is 151 g/mol. The maximum atomic E-state index is 2.34. The summed E-state index contributed by atoms with van der Waals surface area (Å²) >= 11 is 0. The van der Waals surface area contributed by atoms with Gasteiger partial charge in [0.15, 0.2) is 0 Å². The SMILES string of the molecule is CCc1cccn1CC(C)C. The zero-order chi connectivity index (χ0) is 8.27. The number of nitrogens with zero attached hydrogens (tertiary/aromatic N) is 1. The lowest BCUT2D eigenvalue weighted by Gasteiger charge is -2.09. The minimum absolute atomic E-state index is 0.743. The fraction of sp³-hybridized carbons (Fsp3) is 0.600. The summed E-state index contributed by atoms with van der Waals surface area (Å²) < 4.78 is 2.34. The molecule has 0 saturated heterocycles. The highest BCUT2D eigenvalue weighted by molar-refractivity contribution is 5.06. The Labute approximate surface area is 69.0 Å². The van der Waals surface area contributed by atoms with Gasteiger partial charge in [-0.25, -0.2) is 0 Å². The normalized spacial score (nSPS) is 10.9. The topological polar surface area (TPSA) is 4.93 Å². The van der Waals surface area contributed by atoms with E-state index < -0.39 is 0 Å². The van der Waals surface area contributed by atoms with Crippen molar-refractivity contribution in [2.45, 2.75) is 33.7 Å². The van der Waals surface area contributed by atoms with E-state index >= 15 is 0 Å². The van der Waals surface area contributed by atoms with Gasteiger partial charge >= 0.3 is 0 Å². The van der Waals surface area contributed by atoms with Gasteiger partial charge in [0.2, 0.25) is 0 Å². The van der Waals surface area contributed by atoms with Crippen molar-refractivity contribution in [3.8, 4) is 0 Å². The van der Waals surface area contributed by atoms with Crippen molar-refractivity contribution in [2.24, 2.45) is 5.92 Å². The molecule has 1 nitrogen and oxygen atoms in total. The average molecular weight is 151 g/mol. The molecule has 62 valence electrons. The summed E-state index contributed by atoms with van der Waals surface area (Å²) in [5.41, 5.74) is 1.44. The van der Waals surface area contributed by atoms with Crippen molar-refractivity contribution < 1.29 is 0 Å². The van der Waals surface area contributed by atoms with Crippen LogP contribution in [0.1, 0.15) is 26.5 Å². The standard InChI is InChI=1S/C10H17N/c1-4-10-6-5-7-11(10)8-9(2)3/h5-7,9H,4,8H2,1-3H3. The molecule has 1 rings (SSSR count). The van der Waals surface area contributed by atoms with E-state index in [2.05, 4.69) is 43.7 Å². The van der Waals surface area contributed by atoms with E-state index in [1.807, 2.05) is 0 Å².